The van der Waals surface area contributed by atoms with Crippen LogP contribution in [0.5, 0.6) is 0 Å². The van der Waals surface area contributed by atoms with Crippen molar-refractivity contribution in [1.82, 2.24) is 5.32 Å². The Morgan fingerprint density at radius 3 is 3.00 bits per heavy atom. The Morgan fingerprint density at radius 2 is 2.45 bits per heavy atom. The third kappa shape index (κ3) is 2.84. The first-order chi connectivity index (χ1) is 5.18. The fourth-order valence-corrected chi connectivity index (χ4v) is 1.46. The maximum atomic E-state index is 9.05. The molecule has 0 unspecified atom stereocenters. The molecule has 0 saturated heterocycles. The van der Waals surface area contributed by atoms with Gasteiger partial charge in [0.15, 0.2) is 11.1 Å². The lowest BCUT2D eigenvalue weighted by Gasteiger charge is -2.13. The highest BCUT2D eigenvalue weighted by atomic mass is 32.2. The predicted octanol–water partition coefficient (Wildman–Crippen LogP) is 1.49. The van der Waals surface area contributed by atoms with Crippen molar-refractivity contribution in [2.75, 3.05) is 6.54 Å². The summed E-state index contributed by atoms with van der Waals surface area (Å²) in [6.45, 7) is 4.75. The molecule has 1 heterocycles. The second-order valence-electron chi connectivity index (χ2n) is 2.53. The summed E-state index contributed by atoms with van der Waals surface area (Å²) in [5.74, 6) is 0.211. The van der Waals surface area contributed by atoms with Crippen LogP contribution in [0.3, 0.4) is 0 Å². The number of nitrogens with zero attached hydrogens (tertiary/aromatic N) is 1. The minimum atomic E-state index is 0.211. The van der Waals surface area contributed by atoms with Crippen molar-refractivity contribution in [2.45, 2.75) is 19.1 Å². The summed E-state index contributed by atoms with van der Waals surface area (Å²) < 4.78 is 0. The molecule has 0 aromatic carbocycles. The van der Waals surface area contributed by atoms with Gasteiger partial charge in [0.05, 0.1) is 6.54 Å². The van der Waals surface area contributed by atoms with Crippen molar-refractivity contribution in [2.24, 2.45) is 4.99 Å². The maximum absolute atomic E-state index is 9.05. The molecule has 11 heavy (non-hydrogen) atoms. The van der Waals surface area contributed by atoms with E-state index < -0.39 is 0 Å². The van der Waals surface area contributed by atoms with Gasteiger partial charge in [-0.15, -0.1) is 0 Å². The van der Waals surface area contributed by atoms with Crippen molar-refractivity contribution in [3.63, 3.8) is 0 Å². The summed E-state index contributed by atoms with van der Waals surface area (Å²) in [7, 11) is 0. The molecule has 0 amide bonds. The smallest absolute Gasteiger partial charge is 0.187 e. The number of nitrogens with one attached hydrogen (secondary N) is 1. The summed E-state index contributed by atoms with van der Waals surface area (Å²) >= 11 is 1.62. The van der Waals surface area contributed by atoms with E-state index in [1.807, 2.05) is 0 Å². The molecule has 1 aliphatic rings. The quantitative estimate of drug-likeness (QED) is 0.629. The van der Waals surface area contributed by atoms with Gasteiger partial charge in [-0.1, -0.05) is 25.6 Å². The first-order valence-corrected chi connectivity index (χ1v) is 4.43. The second-order valence-corrected chi connectivity index (χ2v) is 4.09. The van der Waals surface area contributed by atoms with Crippen LogP contribution in [0, 0.1) is 0 Å². The number of hydrogen-bond donors (Lipinski definition) is 2. The largest absolute Gasteiger partial charge is 0.495 e. The van der Waals surface area contributed by atoms with Gasteiger partial charge in [0, 0.05) is 5.25 Å². The minimum Gasteiger partial charge on any atom is -0.495 e. The summed E-state index contributed by atoms with van der Waals surface area (Å²) in [5, 5.41) is 13.1. The Balaban J connectivity index is 2.42. The minimum absolute atomic E-state index is 0.211. The van der Waals surface area contributed by atoms with Crippen LogP contribution in [0.15, 0.2) is 17.0 Å². The lowest BCUT2D eigenvalue weighted by Crippen LogP contribution is -2.24. The molecule has 4 heteroatoms. The van der Waals surface area contributed by atoms with Crippen LogP contribution in [0.25, 0.3) is 0 Å². The standard InChI is InChI=1S/C7H12N2OS/c1-5(2)11-7-8-4-3-6(10)9-7/h3,5,10H,4H2,1-2H3,(H,8,9). The molecule has 3 nitrogen and oxygen atoms in total. The summed E-state index contributed by atoms with van der Waals surface area (Å²) in [4.78, 5) is 4.15. The van der Waals surface area contributed by atoms with E-state index >= 15 is 0 Å². The number of aliphatic hydroxyl groups is 1. The van der Waals surface area contributed by atoms with Crippen LogP contribution in [0.1, 0.15) is 13.8 Å². The Morgan fingerprint density at radius 1 is 1.73 bits per heavy atom. The van der Waals surface area contributed by atoms with Crippen LogP contribution in [0.2, 0.25) is 0 Å². The van der Waals surface area contributed by atoms with Gasteiger partial charge >= 0.3 is 0 Å². The van der Waals surface area contributed by atoms with Gasteiger partial charge in [0.1, 0.15) is 0 Å². The highest BCUT2D eigenvalue weighted by Gasteiger charge is 2.07. The number of hydrogen-bond acceptors (Lipinski definition) is 4. The van der Waals surface area contributed by atoms with E-state index in [9.17, 15) is 0 Å². The highest BCUT2D eigenvalue weighted by Crippen LogP contribution is 2.12. The molecule has 1 rings (SSSR count). The Labute approximate surface area is 70.6 Å². The zero-order valence-corrected chi connectivity index (χ0v) is 7.48. The van der Waals surface area contributed by atoms with E-state index in [4.69, 9.17) is 5.11 Å². The molecule has 0 aliphatic carbocycles. The van der Waals surface area contributed by atoms with Crippen molar-refractivity contribution < 1.29 is 5.11 Å². The van der Waals surface area contributed by atoms with E-state index in [0.717, 1.165) is 5.17 Å². The number of aliphatic hydroxyl groups excluding tert-OH is 1. The normalized spacial score (nSPS) is 17.4. The predicted molar refractivity (Wildman–Crippen MR) is 48.9 cm³/mol. The molecule has 2 N–H and O–H groups in total. The van der Waals surface area contributed by atoms with Gasteiger partial charge in [0.2, 0.25) is 0 Å². The molecule has 0 spiro atoms. The fourth-order valence-electron chi connectivity index (χ4n) is 0.705. The third-order valence-corrected chi connectivity index (χ3v) is 2.03. The summed E-state index contributed by atoms with van der Waals surface area (Å²) in [6.07, 6.45) is 1.64. The van der Waals surface area contributed by atoms with Crippen molar-refractivity contribution in [1.29, 1.82) is 0 Å². The number of aliphatic imine (C=N–C) groups is 1. The zero-order chi connectivity index (χ0) is 8.27. The van der Waals surface area contributed by atoms with E-state index in [0.29, 0.717) is 11.8 Å². The Hall–Kier alpha value is -0.640. The molecule has 0 fully saturated rings. The average molecular weight is 172 g/mol. The van der Waals surface area contributed by atoms with E-state index in [1.165, 1.54) is 0 Å². The van der Waals surface area contributed by atoms with Gasteiger partial charge in [-0.2, -0.15) is 0 Å². The topological polar surface area (TPSA) is 44.6 Å². The average Bonchev–Trinajstić information content (AvgIpc) is 1.85. The molecule has 0 radical (unpaired) electrons. The first-order valence-electron chi connectivity index (χ1n) is 3.55. The van der Waals surface area contributed by atoms with Crippen LogP contribution in [0.4, 0.5) is 0 Å². The second kappa shape index (κ2) is 3.67. The van der Waals surface area contributed by atoms with Crippen LogP contribution in [-0.4, -0.2) is 22.1 Å². The van der Waals surface area contributed by atoms with Gasteiger partial charge in [-0.25, -0.2) is 0 Å². The van der Waals surface area contributed by atoms with Crippen LogP contribution < -0.4 is 5.32 Å². The van der Waals surface area contributed by atoms with Gasteiger partial charge in [0.25, 0.3) is 0 Å². The first kappa shape index (κ1) is 8.46. The van der Waals surface area contributed by atoms with Crippen LogP contribution in [-0.2, 0) is 0 Å². The summed E-state index contributed by atoms with van der Waals surface area (Å²) in [5.41, 5.74) is 0. The maximum Gasteiger partial charge on any atom is 0.187 e. The van der Waals surface area contributed by atoms with Crippen molar-refractivity contribution in [3.8, 4) is 0 Å². The SMILES string of the molecule is CC(C)SC1=NCC=C(O)N1. The molecule has 0 bridgehead atoms. The molecule has 0 aromatic rings. The molecule has 0 saturated carbocycles. The molecule has 0 aromatic heterocycles. The fraction of sp³-hybridized carbons (Fsp3) is 0.571. The molecule has 0 atom stereocenters. The highest BCUT2D eigenvalue weighted by molar-refractivity contribution is 8.14. The van der Waals surface area contributed by atoms with Gasteiger partial charge < -0.3 is 10.4 Å². The lowest BCUT2D eigenvalue weighted by molar-refractivity contribution is 0.385. The van der Waals surface area contributed by atoms with Gasteiger partial charge in [-0.3, -0.25) is 4.99 Å². The molecular formula is C7H12N2OS. The van der Waals surface area contributed by atoms with Crippen molar-refractivity contribution >= 4 is 16.9 Å². The zero-order valence-electron chi connectivity index (χ0n) is 6.66. The molecular weight excluding hydrogens is 160 g/mol. The summed E-state index contributed by atoms with van der Waals surface area (Å²) in [6, 6.07) is 0. The third-order valence-electron chi connectivity index (χ3n) is 1.10. The molecule has 1 aliphatic heterocycles. The van der Waals surface area contributed by atoms with Crippen LogP contribution >= 0.6 is 11.8 Å². The monoisotopic (exact) mass is 172 g/mol. The van der Waals surface area contributed by atoms with Crippen molar-refractivity contribution in [3.05, 3.63) is 12.0 Å². The number of rotatable bonds is 1. The van der Waals surface area contributed by atoms with Gasteiger partial charge in [-0.05, 0) is 6.08 Å². The number of thioether (sulfide) groups is 1. The van der Waals surface area contributed by atoms with E-state index in [-0.39, 0.29) is 5.88 Å². The molecule has 62 valence electrons. The van der Waals surface area contributed by atoms with E-state index in [1.54, 1.807) is 17.8 Å². The Bertz CT molecular complexity index is 199. The lowest BCUT2D eigenvalue weighted by atomic mass is 10.5. The number of amidine groups is 1. The van der Waals surface area contributed by atoms with E-state index in [2.05, 4.69) is 24.2 Å². The Kier molecular flexibility index (Phi) is 2.82.